The SMILES string of the molecule is CNCC(O)COc1cccc(-c2nc(NC3CCOCC3)c(C)c(N3CCNC(C)C3)n2)c1. The summed E-state index contributed by atoms with van der Waals surface area (Å²) < 4.78 is 11.4. The van der Waals surface area contributed by atoms with Gasteiger partial charge in [0.15, 0.2) is 5.82 Å². The lowest BCUT2D eigenvalue weighted by atomic mass is 10.1. The predicted octanol–water partition coefficient (Wildman–Crippen LogP) is 1.80. The van der Waals surface area contributed by atoms with Crippen LogP contribution in [0.5, 0.6) is 5.75 Å². The Hall–Kier alpha value is -2.46. The van der Waals surface area contributed by atoms with Gasteiger partial charge >= 0.3 is 0 Å². The van der Waals surface area contributed by atoms with E-state index in [2.05, 4.69) is 34.7 Å². The van der Waals surface area contributed by atoms with Crippen LogP contribution in [0.4, 0.5) is 11.6 Å². The molecule has 186 valence electrons. The highest BCUT2D eigenvalue weighted by Gasteiger charge is 2.24. The van der Waals surface area contributed by atoms with Gasteiger partial charge in [0.05, 0.1) is 0 Å². The molecule has 0 radical (unpaired) electrons. The molecular formula is C25H38N6O3. The minimum absolute atomic E-state index is 0.222. The van der Waals surface area contributed by atoms with Crippen LogP contribution in [0.25, 0.3) is 11.4 Å². The third-order valence-corrected chi connectivity index (χ3v) is 6.32. The van der Waals surface area contributed by atoms with E-state index in [1.165, 1.54) is 0 Å². The molecule has 3 heterocycles. The molecule has 2 saturated heterocycles. The van der Waals surface area contributed by atoms with Crippen molar-refractivity contribution < 1.29 is 14.6 Å². The first kappa shape index (κ1) is 24.7. The Morgan fingerprint density at radius 3 is 2.88 bits per heavy atom. The van der Waals surface area contributed by atoms with E-state index in [0.29, 0.717) is 30.2 Å². The van der Waals surface area contributed by atoms with E-state index in [-0.39, 0.29) is 6.61 Å². The van der Waals surface area contributed by atoms with Gasteiger partial charge in [-0.1, -0.05) is 12.1 Å². The van der Waals surface area contributed by atoms with E-state index in [4.69, 9.17) is 19.4 Å². The largest absolute Gasteiger partial charge is 0.491 e. The first-order chi connectivity index (χ1) is 16.5. The van der Waals surface area contributed by atoms with Crippen LogP contribution in [0, 0.1) is 6.92 Å². The monoisotopic (exact) mass is 470 g/mol. The van der Waals surface area contributed by atoms with Crippen molar-refractivity contribution in [3.63, 3.8) is 0 Å². The molecular weight excluding hydrogens is 432 g/mol. The van der Waals surface area contributed by atoms with Crippen molar-refractivity contribution >= 4 is 11.6 Å². The second-order valence-corrected chi connectivity index (χ2v) is 9.23. The van der Waals surface area contributed by atoms with Gasteiger partial charge in [0.25, 0.3) is 0 Å². The zero-order valence-electron chi connectivity index (χ0n) is 20.5. The van der Waals surface area contributed by atoms with Crippen LogP contribution in [-0.4, -0.2) is 86.3 Å². The van der Waals surface area contributed by atoms with E-state index in [9.17, 15) is 5.11 Å². The van der Waals surface area contributed by atoms with Gasteiger partial charge in [-0.05, 0) is 45.9 Å². The number of ether oxygens (including phenoxy) is 2. The smallest absolute Gasteiger partial charge is 0.164 e. The highest BCUT2D eigenvalue weighted by atomic mass is 16.5. The van der Waals surface area contributed by atoms with Gasteiger partial charge in [0.2, 0.25) is 0 Å². The number of aromatic nitrogens is 2. The van der Waals surface area contributed by atoms with Crippen LogP contribution < -0.4 is 25.6 Å². The molecule has 0 spiro atoms. The third kappa shape index (κ3) is 6.35. The lowest BCUT2D eigenvalue weighted by Gasteiger charge is -2.34. The zero-order valence-corrected chi connectivity index (χ0v) is 20.5. The van der Waals surface area contributed by atoms with Crippen LogP contribution in [0.2, 0.25) is 0 Å². The molecule has 2 atom stereocenters. The summed E-state index contributed by atoms with van der Waals surface area (Å²) in [6.07, 6.45) is 1.37. The number of aliphatic hydroxyl groups is 1. The Morgan fingerprint density at radius 2 is 2.12 bits per heavy atom. The first-order valence-corrected chi connectivity index (χ1v) is 12.3. The lowest BCUT2D eigenvalue weighted by molar-refractivity contribution is 0.0904. The van der Waals surface area contributed by atoms with Crippen molar-refractivity contribution in [2.45, 2.75) is 44.9 Å². The maximum absolute atomic E-state index is 9.98. The number of benzene rings is 1. The molecule has 4 N–H and O–H groups in total. The van der Waals surface area contributed by atoms with Crippen LogP contribution >= 0.6 is 0 Å². The van der Waals surface area contributed by atoms with Crippen molar-refractivity contribution in [3.8, 4) is 17.1 Å². The molecule has 0 saturated carbocycles. The van der Waals surface area contributed by atoms with E-state index >= 15 is 0 Å². The molecule has 4 rings (SSSR count). The van der Waals surface area contributed by atoms with Crippen molar-refractivity contribution in [2.24, 2.45) is 0 Å². The maximum Gasteiger partial charge on any atom is 0.164 e. The van der Waals surface area contributed by atoms with Crippen LogP contribution in [0.3, 0.4) is 0 Å². The Balaban J connectivity index is 1.63. The number of anilines is 2. The topological polar surface area (TPSA) is 104 Å². The van der Waals surface area contributed by atoms with Crippen molar-refractivity contribution in [1.29, 1.82) is 0 Å². The summed E-state index contributed by atoms with van der Waals surface area (Å²) in [5.41, 5.74) is 1.96. The summed E-state index contributed by atoms with van der Waals surface area (Å²) in [5.74, 6) is 3.22. The van der Waals surface area contributed by atoms with Gasteiger partial charge in [0, 0.05) is 62.6 Å². The standard InChI is InChI=1S/C25H38N6O3/c1-17-15-31(10-9-27-17)25-18(2)23(28-20-7-11-33-12-8-20)29-24(30-25)19-5-4-6-22(13-19)34-16-21(32)14-26-3/h4-6,13,17,20-21,26-27,32H,7-12,14-16H2,1-3H3,(H,28,29,30). The Bertz CT molecular complexity index is 937. The van der Waals surface area contributed by atoms with E-state index < -0.39 is 6.10 Å². The number of hydrogen-bond donors (Lipinski definition) is 4. The van der Waals surface area contributed by atoms with Gasteiger partial charge < -0.3 is 35.4 Å². The minimum Gasteiger partial charge on any atom is -0.491 e. The number of hydrogen-bond acceptors (Lipinski definition) is 9. The molecule has 0 aliphatic carbocycles. The minimum atomic E-state index is -0.569. The maximum atomic E-state index is 9.98. The molecule has 34 heavy (non-hydrogen) atoms. The number of rotatable bonds is 9. The van der Waals surface area contributed by atoms with Crippen molar-refractivity contribution in [3.05, 3.63) is 29.8 Å². The van der Waals surface area contributed by atoms with Crippen molar-refractivity contribution in [2.75, 3.05) is 63.3 Å². The van der Waals surface area contributed by atoms with Gasteiger partial charge in [-0.15, -0.1) is 0 Å². The predicted molar refractivity (Wildman–Crippen MR) is 135 cm³/mol. The number of nitrogens with zero attached hydrogens (tertiary/aromatic N) is 3. The van der Waals surface area contributed by atoms with Crippen LogP contribution in [-0.2, 0) is 4.74 Å². The highest BCUT2D eigenvalue weighted by molar-refractivity contribution is 5.67. The van der Waals surface area contributed by atoms with Gasteiger partial charge in [0.1, 0.15) is 30.1 Å². The van der Waals surface area contributed by atoms with E-state index in [1.807, 2.05) is 24.3 Å². The molecule has 9 heteroatoms. The summed E-state index contributed by atoms with van der Waals surface area (Å²) >= 11 is 0. The Labute approximate surface area is 202 Å². The van der Waals surface area contributed by atoms with Gasteiger partial charge in [-0.3, -0.25) is 0 Å². The normalized spacial score (nSPS) is 20.2. The molecule has 2 aromatic rings. The molecule has 2 fully saturated rings. The van der Waals surface area contributed by atoms with Crippen molar-refractivity contribution in [1.82, 2.24) is 20.6 Å². The van der Waals surface area contributed by atoms with Crippen LogP contribution in [0.15, 0.2) is 24.3 Å². The quantitative estimate of drug-likeness (QED) is 0.437. The summed E-state index contributed by atoms with van der Waals surface area (Å²) in [4.78, 5) is 12.3. The van der Waals surface area contributed by atoms with E-state index in [1.54, 1.807) is 7.05 Å². The molecule has 0 amide bonds. The fraction of sp³-hybridized carbons (Fsp3) is 0.600. The fourth-order valence-electron chi connectivity index (χ4n) is 4.45. The molecule has 1 aromatic carbocycles. The Morgan fingerprint density at radius 1 is 1.29 bits per heavy atom. The van der Waals surface area contributed by atoms with Gasteiger partial charge in [-0.25, -0.2) is 9.97 Å². The summed E-state index contributed by atoms with van der Waals surface area (Å²) in [6, 6.07) is 8.52. The molecule has 2 aliphatic heterocycles. The summed E-state index contributed by atoms with van der Waals surface area (Å²) in [7, 11) is 1.81. The lowest BCUT2D eigenvalue weighted by Crippen LogP contribution is -2.49. The van der Waals surface area contributed by atoms with E-state index in [0.717, 1.165) is 68.5 Å². The second kappa shape index (κ2) is 11.8. The average molecular weight is 471 g/mol. The Kier molecular flexibility index (Phi) is 8.55. The molecule has 0 bridgehead atoms. The molecule has 1 aromatic heterocycles. The van der Waals surface area contributed by atoms with Gasteiger partial charge in [-0.2, -0.15) is 0 Å². The molecule has 2 aliphatic rings. The zero-order chi connectivity index (χ0) is 23.9. The third-order valence-electron chi connectivity index (χ3n) is 6.32. The second-order valence-electron chi connectivity index (χ2n) is 9.23. The first-order valence-electron chi connectivity index (χ1n) is 12.3. The fourth-order valence-corrected chi connectivity index (χ4v) is 4.45. The number of piperazine rings is 1. The number of likely N-dealkylation sites (N-methyl/N-ethyl adjacent to an activating group) is 1. The molecule has 2 unspecified atom stereocenters. The highest BCUT2D eigenvalue weighted by Crippen LogP contribution is 2.31. The average Bonchev–Trinajstić information content (AvgIpc) is 2.85. The summed E-state index contributed by atoms with van der Waals surface area (Å²) in [5, 5.41) is 20.1. The molecule has 9 nitrogen and oxygen atoms in total. The number of aliphatic hydroxyl groups excluding tert-OH is 1. The number of nitrogens with one attached hydrogen (secondary N) is 3. The van der Waals surface area contributed by atoms with Crippen LogP contribution in [0.1, 0.15) is 25.3 Å². The summed E-state index contributed by atoms with van der Waals surface area (Å²) in [6.45, 7) is 9.30.